The highest BCUT2D eigenvalue weighted by atomic mass is 16.4. The Kier molecular flexibility index (Phi) is 4.52. The molecule has 0 aliphatic carbocycles. The Hall–Kier alpha value is -2.90. The summed E-state index contributed by atoms with van der Waals surface area (Å²) in [6, 6.07) is 11.2. The lowest BCUT2D eigenvalue weighted by atomic mass is 10.0. The van der Waals surface area contributed by atoms with E-state index in [1.807, 2.05) is 13.0 Å². The van der Waals surface area contributed by atoms with Crippen LogP contribution in [0.15, 0.2) is 35.1 Å². The molecule has 2 atom stereocenters. The van der Waals surface area contributed by atoms with E-state index in [1.54, 1.807) is 0 Å². The van der Waals surface area contributed by atoms with E-state index >= 15 is 0 Å². The lowest BCUT2D eigenvalue weighted by Crippen LogP contribution is -2.43. The molecular weight excluding hydrogens is 380 g/mol. The molecule has 30 heavy (non-hydrogen) atoms. The SMILES string of the molecule is CCc1cc(C(=O)O)c(=O)[nH]c1-c1ccc2c(c1)cc(CN1CC3CC1CN3)n2C. The largest absolute Gasteiger partial charge is 0.477 e. The molecule has 2 bridgehead atoms. The van der Waals surface area contributed by atoms with Crippen LogP contribution in [0.4, 0.5) is 0 Å². The fourth-order valence-corrected chi connectivity index (χ4v) is 5.03. The first-order chi connectivity index (χ1) is 14.4. The number of aryl methyl sites for hydroxylation is 2. The second-order valence-corrected chi connectivity index (χ2v) is 8.46. The maximum absolute atomic E-state index is 12.2. The molecule has 4 heterocycles. The number of pyridine rings is 1. The fourth-order valence-electron chi connectivity index (χ4n) is 5.03. The second-order valence-electron chi connectivity index (χ2n) is 8.46. The first-order valence-corrected chi connectivity index (χ1v) is 10.5. The van der Waals surface area contributed by atoms with Gasteiger partial charge in [0.15, 0.2) is 0 Å². The Labute approximate surface area is 174 Å². The molecule has 5 rings (SSSR count). The first kappa shape index (κ1) is 19.1. The fraction of sp³-hybridized carbons (Fsp3) is 0.391. The molecule has 3 aromatic rings. The summed E-state index contributed by atoms with van der Waals surface area (Å²) in [5.41, 5.74) is 4.06. The molecule has 3 N–H and O–H groups in total. The number of aromatic amines is 1. The zero-order chi connectivity index (χ0) is 21.0. The van der Waals surface area contributed by atoms with Crippen molar-refractivity contribution >= 4 is 16.9 Å². The highest BCUT2D eigenvalue weighted by Crippen LogP contribution is 2.30. The van der Waals surface area contributed by atoms with Gasteiger partial charge in [-0.25, -0.2) is 4.79 Å². The first-order valence-electron chi connectivity index (χ1n) is 10.5. The van der Waals surface area contributed by atoms with Crippen molar-refractivity contribution in [2.24, 2.45) is 7.05 Å². The molecule has 0 amide bonds. The van der Waals surface area contributed by atoms with Crippen LogP contribution in [0.25, 0.3) is 22.2 Å². The van der Waals surface area contributed by atoms with E-state index in [4.69, 9.17) is 0 Å². The van der Waals surface area contributed by atoms with Crippen LogP contribution in [0, 0.1) is 0 Å². The number of piperazine rings is 1. The number of nitrogens with one attached hydrogen (secondary N) is 2. The van der Waals surface area contributed by atoms with E-state index in [1.165, 1.54) is 18.2 Å². The molecule has 0 spiro atoms. The number of rotatable bonds is 5. The lowest BCUT2D eigenvalue weighted by Gasteiger charge is -2.27. The number of carbonyl (C=O) groups is 1. The van der Waals surface area contributed by atoms with E-state index in [0.29, 0.717) is 24.2 Å². The van der Waals surface area contributed by atoms with Gasteiger partial charge in [-0.1, -0.05) is 13.0 Å². The number of hydrogen-bond donors (Lipinski definition) is 3. The highest BCUT2D eigenvalue weighted by Gasteiger charge is 2.37. The van der Waals surface area contributed by atoms with Gasteiger partial charge in [-0.3, -0.25) is 9.69 Å². The molecule has 156 valence electrons. The van der Waals surface area contributed by atoms with Crippen LogP contribution in [0.5, 0.6) is 0 Å². The molecular formula is C23H26N4O3. The number of aromatic carboxylic acids is 1. The van der Waals surface area contributed by atoms with Gasteiger partial charge in [-0.15, -0.1) is 0 Å². The molecule has 0 radical (unpaired) electrons. The molecule has 2 aliphatic heterocycles. The molecule has 2 unspecified atom stereocenters. The summed E-state index contributed by atoms with van der Waals surface area (Å²) in [4.78, 5) is 28.9. The minimum absolute atomic E-state index is 0.215. The van der Waals surface area contributed by atoms with Gasteiger partial charge in [0.25, 0.3) is 5.56 Å². The molecule has 2 saturated heterocycles. The Morgan fingerprint density at radius 2 is 2.10 bits per heavy atom. The molecule has 7 heteroatoms. The van der Waals surface area contributed by atoms with E-state index < -0.39 is 11.5 Å². The van der Waals surface area contributed by atoms with Crippen molar-refractivity contribution in [1.82, 2.24) is 19.8 Å². The number of likely N-dealkylation sites (tertiary alicyclic amines) is 1. The van der Waals surface area contributed by atoms with Crippen molar-refractivity contribution in [2.75, 3.05) is 13.1 Å². The third-order valence-corrected chi connectivity index (χ3v) is 6.70. The van der Waals surface area contributed by atoms with E-state index in [9.17, 15) is 14.7 Å². The average Bonchev–Trinajstić information content (AvgIpc) is 3.43. The van der Waals surface area contributed by atoms with Crippen molar-refractivity contribution in [3.8, 4) is 11.3 Å². The minimum Gasteiger partial charge on any atom is -0.477 e. The van der Waals surface area contributed by atoms with Gasteiger partial charge in [0.1, 0.15) is 5.56 Å². The van der Waals surface area contributed by atoms with Crippen LogP contribution in [-0.2, 0) is 20.0 Å². The number of carboxylic acids is 1. The zero-order valence-corrected chi connectivity index (χ0v) is 17.2. The summed E-state index contributed by atoms with van der Waals surface area (Å²) in [5.74, 6) is -1.20. The molecule has 7 nitrogen and oxygen atoms in total. The Balaban J connectivity index is 1.52. The van der Waals surface area contributed by atoms with Crippen LogP contribution in [-0.4, -0.2) is 50.7 Å². The van der Waals surface area contributed by atoms with Crippen LogP contribution >= 0.6 is 0 Å². The number of hydrogen-bond acceptors (Lipinski definition) is 4. The van der Waals surface area contributed by atoms with E-state index in [0.717, 1.165) is 41.7 Å². The number of carboxylic acid groups (broad SMARTS) is 1. The number of aromatic nitrogens is 2. The van der Waals surface area contributed by atoms with Crippen molar-refractivity contribution < 1.29 is 9.90 Å². The van der Waals surface area contributed by atoms with Gasteiger partial charge in [-0.05, 0) is 48.2 Å². The summed E-state index contributed by atoms with van der Waals surface area (Å²) < 4.78 is 2.25. The third-order valence-electron chi connectivity index (χ3n) is 6.70. The zero-order valence-electron chi connectivity index (χ0n) is 17.2. The molecule has 1 aromatic carbocycles. The maximum Gasteiger partial charge on any atom is 0.341 e. The smallest absolute Gasteiger partial charge is 0.341 e. The summed E-state index contributed by atoms with van der Waals surface area (Å²) >= 11 is 0. The Morgan fingerprint density at radius 3 is 2.77 bits per heavy atom. The third kappa shape index (κ3) is 3.05. The van der Waals surface area contributed by atoms with Crippen molar-refractivity contribution in [3.63, 3.8) is 0 Å². The van der Waals surface area contributed by atoms with Crippen molar-refractivity contribution in [2.45, 2.75) is 38.4 Å². The van der Waals surface area contributed by atoms with Crippen LogP contribution in [0.2, 0.25) is 0 Å². The normalized spacial score (nSPS) is 21.0. The number of benzene rings is 1. The predicted molar refractivity (Wildman–Crippen MR) is 116 cm³/mol. The van der Waals surface area contributed by atoms with E-state index in [2.05, 4.69) is 45.0 Å². The monoisotopic (exact) mass is 406 g/mol. The van der Waals surface area contributed by atoms with E-state index in [-0.39, 0.29) is 5.56 Å². The van der Waals surface area contributed by atoms with Gasteiger partial charge in [0.05, 0.1) is 5.69 Å². The van der Waals surface area contributed by atoms with Crippen LogP contribution in [0.3, 0.4) is 0 Å². The highest BCUT2D eigenvalue weighted by molar-refractivity contribution is 5.89. The lowest BCUT2D eigenvalue weighted by molar-refractivity contribution is 0.0695. The number of fused-ring (bicyclic) bond motifs is 3. The molecule has 2 aromatic heterocycles. The summed E-state index contributed by atoms with van der Waals surface area (Å²) in [6.07, 6.45) is 1.88. The number of H-pyrrole nitrogens is 1. The van der Waals surface area contributed by atoms with Crippen LogP contribution < -0.4 is 10.9 Å². The summed E-state index contributed by atoms with van der Waals surface area (Å²) in [5, 5.41) is 13.9. The van der Waals surface area contributed by atoms with Crippen molar-refractivity contribution in [3.05, 3.63) is 57.5 Å². The molecule has 2 fully saturated rings. The quantitative estimate of drug-likeness (QED) is 0.605. The predicted octanol–water partition coefficient (Wildman–Crippen LogP) is 2.34. The van der Waals surface area contributed by atoms with Crippen molar-refractivity contribution in [1.29, 1.82) is 0 Å². The number of nitrogens with zero attached hydrogens (tertiary/aromatic N) is 2. The second kappa shape index (κ2) is 7.11. The minimum atomic E-state index is -1.20. The summed E-state index contributed by atoms with van der Waals surface area (Å²) in [6.45, 7) is 5.08. The van der Waals surface area contributed by atoms with Crippen LogP contribution in [0.1, 0.15) is 35.0 Å². The topological polar surface area (TPSA) is 90.4 Å². The standard InChI is InChI=1S/C23H26N4O3/c1-3-13-8-19(23(29)30)22(28)25-21(13)14-4-5-20-15(6-14)7-18(26(20)2)12-27-11-16-9-17(27)10-24-16/h4-8,16-17,24H,3,9-12H2,1-2H3,(H,25,28)(H,29,30). The van der Waals surface area contributed by atoms with Gasteiger partial charge >= 0.3 is 5.97 Å². The molecule has 2 aliphatic rings. The average molecular weight is 406 g/mol. The molecule has 0 saturated carbocycles. The van der Waals surface area contributed by atoms with Gasteiger partial charge < -0.3 is 20.0 Å². The Morgan fingerprint density at radius 1 is 1.27 bits per heavy atom. The Bertz CT molecular complexity index is 1210. The summed E-state index contributed by atoms with van der Waals surface area (Å²) in [7, 11) is 2.10. The van der Waals surface area contributed by atoms with Gasteiger partial charge in [0, 0.05) is 55.4 Å². The van der Waals surface area contributed by atoms with Gasteiger partial charge in [0.2, 0.25) is 0 Å². The van der Waals surface area contributed by atoms with Gasteiger partial charge in [-0.2, -0.15) is 0 Å². The maximum atomic E-state index is 12.2.